The van der Waals surface area contributed by atoms with Crippen LogP contribution in [0.25, 0.3) is 0 Å². The quantitative estimate of drug-likeness (QED) is 0.371. The Bertz CT molecular complexity index is 1250. The number of rotatable bonds is 6. The van der Waals surface area contributed by atoms with Gasteiger partial charge in [-0.1, -0.05) is 23.7 Å². The number of piperidine rings is 1. The summed E-state index contributed by atoms with van der Waals surface area (Å²) in [6, 6.07) is 8.69. The van der Waals surface area contributed by atoms with Crippen LogP contribution < -0.4 is 10.6 Å². The predicted octanol–water partition coefficient (Wildman–Crippen LogP) is 2.99. The molecule has 16 heteroatoms. The highest BCUT2D eigenvalue weighted by atomic mass is 35.5. The van der Waals surface area contributed by atoms with E-state index in [0.29, 0.717) is 31.1 Å². The van der Waals surface area contributed by atoms with E-state index in [4.69, 9.17) is 32.0 Å². The molecule has 0 unspecified atom stereocenters. The van der Waals surface area contributed by atoms with E-state index in [1.807, 2.05) is 12.1 Å². The maximum atomic E-state index is 13.4. The average Bonchev–Trinajstić information content (AvgIpc) is 3.54. The Morgan fingerprint density at radius 2 is 1.90 bits per heavy atom. The third-order valence-electron chi connectivity index (χ3n) is 6.73. The van der Waals surface area contributed by atoms with Gasteiger partial charge in [-0.25, -0.2) is 14.3 Å². The van der Waals surface area contributed by atoms with Crippen LogP contribution in [0.4, 0.5) is 29.5 Å². The van der Waals surface area contributed by atoms with Crippen molar-refractivity contribution in [3.8, 4) is 0 Å². The fourth-order valence-corrected chi connectivity index (χ4v) is 4.98. The third-order valence-corrected chi connectivity index (χ3v) is 6.99. The molecule has 2 aliphatic heterocycles. The van der Waals surface area contributed by atoms with Crippen molar-refractivity contribution in [3.63, 3.8) is 0 Å². The Morgan fingerprint density at radius 1 is 1.23 bits per heavy atom. The Balaban J connectivity index is 0.000000470. The molecule has 2 aliphatic rings. The number of morpholine rings is 1. The minimum Gasteiger partial charge on any atom is -0.475 e. The van der Waals surface area contributed by atoms with Gasteiger partial charge in [0.1, 0.15) is 0 Å². The van der Waals surface area contributed by atoms with Gasteiger partial charge in [0.15, 0.2) is 5.82 Å². The molecule has 218 valence electrons. The molecule has 0 spiro atoms. The molecule has 0 saturated carbocycles. The first kappa shape index (κ1) is 29.6. The zero-order valence-electron chi connectivity index (χ0n) is 21.3. The highest BCUT2D eigenvalue weighted by molar-refractivity contribution is 6.30. The van der Waals surface area contributed by atoms with Gasteiger partial charge in [-0.3, -0.25) is 9.58 Å². The summed E-state index contributed by atoms with van der Waals surface area (Å²) in [6.07, 6.45) is 0.391. The van der Waals surface area contributed by atoms with Crippen LogP contribution in [0.3, 0.4) is 0 Å². The van der Waals surface area contributed by atoms with Gasteiger partial charge in [0.25, 0.3) is 0 Å². The fourth-order valence-electron chi connectivity index (χ4n) is 4.86. The van der Waals surface area contributed by atoms with Gasteiger partial charge < -0.3 is 20.5 Å². The molecule has 2 aromatic heterocycles. The Kier molecular flexibility index (Phi) is 9.48. The van der Waals surface area contributed by atoms with Crippen LogP contribution in [0.1, 0.15) is 18.4 Å². The van der Waals surface area contributed by atoms with Crippen molar-refractivity contribution in [1.82, 2.24) is 29.9 Å². The number of anilines is 2. The highest BCUT2D eigenvalue weighted by Crippen LogP contribution is 2.27. The van der Waals surface area contributed by atoms with Gasteiger partial charge >= 0.3 is 12.1 Å². The lowest BCUT2D eigenvalue weighted by Crippen LogP contribution is -2.57. The SMILES string of the molecule is Nc1nc(N2CCC(N3C[C@H](Cn4cc(F)cn4)OC[C@@H]3Cc3ccc(Cl)cc3)CC2)n[nH]1.O=C(O)C(F)(F)F. The van der Waals surface area contributed by atoms with Gasteiger partial charge in [-0.15, -0.1) is 5.10 Å². The number of halogens is 5. The van der Waals surface area contributed by atoms with Crippen LogP contribution in [-0.4, -0.2) is 91.5 Å². The first-order chi connectivity index (χ1) is 19.0. The van der Waals surface area contributed by atoms with E-state index in [9.17, 15) is 17.6 Å². The largest absolute Gasteiger partial charge is 0.490 e. The van der Waals surface area contributed by atoms with Gasteiger partial charge in [-0.05, 0) is 37.0 Å². The van der Waals surface area contributed by atoms with Crippen molar-refractivity contribution in [2.45, 2.75) is 50.2 Å². The predicted molar refractivity (Wildman–Crippen MR) is 137 cm³/mol. The number of alkyl halides is 3. The lowest BCUT2D eigenvalue weighted by molar-refractivity contribution is -0.192. The fraction of sp³-hybridized carbons (Fsp3) is 0.500. The van der Waals surface area contributed by atoms with Gasteiger partial charge in [0.2, 0.25) is 11.9 Å². The summed E-state index contributed by atoms with van der Waals surface area (Å²) in [5.41, 5.74) is 6.93. The summed E-state index contributed by atoms with van der Waals surface area (Å²) < 4.78 is 53.0. The summed E-state index contributed by atoms with van der Waals surface area (Å²) in [5.74, 6) is -2.10. The molecule has 2 atom stereocenters. The topological polar surface area (TPSA) is 138 Å². The molecule has 0 radical (unpaired) electrons. The monoisotopic (exact) mass is 588 g/mol. The summed E-state index contributed by atoms with van der Waals surface area (Å²) in [7, 11) is 0. The number of nitrogens with zero attached hydrogens (tertiary/aromatic N) is 6. The van der Waals surface area contributed by atoms with Crippen LogP contribution in [0.15, 0.2) is 36.7 Å². The number of nitrogens with one attached hydrogen (secondary N) is 1. The van der Waals surface area contributed by atoms with Gasteiger partial charge in [0.05, 0.1) is 31.6 Å². The molecule has 0 aliphatic carbocycles. The molecule has 2 fully saturated rings. The van der Waals surface area contributed by atoms with Crippen LogP contribution in [-0.2, 0) is 22.5 Å². The number of nitrogen functional groups attached to an aromatic ring is 1. The second-order valence-electron chi connectivity index (χ2n) is 9.56. The van der Waals surface area contributed by atoms with Gasteiger partial charge in [0, 0.05) is 36.7 Å². The number of aliphatic carboxylic acids is 1. The number of hydrogen-bond acceptors (Lipinski definition) is 8. The molecule has 5 rings (SSSR count). The minimum absolute atomic E-state index is 0.0448. The van der Waals surface area contributed by atoms with Crippen molar-refractivity contribution < 1.29 is 32.2 Å². The van der Waals surface area contributed by atoms with E-state index in [1.165, 1.54) is 18.0 Å². The Morgan fingerprint density at radius 3 is 2.45 bits per heavy atom. The smallest absolute Gasteiger partial charge is 0.475 e. The number of nitrogens with two attached hydrogens (primary N) is 1. The Labute approximate surface area is 231 Å². The average molecular weight is 589 g/mol. The molecule has 40 heavy (non-hydrogen) atoms. The molecule has 1 aromatic carbocycles. The third kappa shape index (κ3) is 8.05. The lowest BCUT2D eigenvalue weighted by Gasteiger charge is -2.46. The summed E-state index contributed by atoms with van der Waals surface area (Å²) in [5, 5.41) is 18.9. The van der Waals surface area contributed by atoms with Crippen LogP contribution in [0.5, 0.6) is 0 Å². The normalized spacial score (nSPS) is 20.7. The van der Waals surface area contributed by atoms with E-state index in [-0.39, 0.29) is 18.0 Å². The second kappa shape index (κ2) is 12.8. The number of ether oxygens (including phenoxy) is 1. The Hall–Kier alpha value is -3.43. The zero-order valence-corrected chi connectivity index (χ0v) is 22.0. The number of carbonyl (C=O) groups is 1. The van der Waals surface area contributed by atoms with E-state index < -0.39 is 12.1 Å². The number of benzene rings is 1. The van der Waals surface area contributed by atoms with Crippen molar-refractivity contribution in [2.24, 2.45) is 0 Å². The molecule has 2 saturated heterocycles. The summed E-state index contributed by atoms with van der Waals surface area (Å²) in [6.45, 7) is 3.65. The van der Waals surface area contributed by atoms with E-state index in [2.05, 4.69) is 42.2 Å². The molecule has 4 heterocycles. The molecule has 4 N–H and O–H groups in total. The van der Waals surface area contributed by atoms with E-state index in [1.54, 1.807) is 4.68 Å². The highest BCUT2D eigenvalue weighted by Gasteiger charge is 2.38. The number of carboxylic acids is 1. The molecule has 3 aromatic rings. The summed E-state index contributed by atoms with van der Waals surface area (Å²) >= 11 is 6.07. The van der Waals surface area contributed by atoms with Crippen LogP contribution >= 0.6 is 11.6 Å². The lowest BCUT2D eigenvalue weighted by atomic mass is 9.96. The van der Waals surface area contributed by atoms with E-state index in [0.717, 1.165) is 43.9 Å². The van der Waals surface area contributed by atoms with Crippen molar-refractivity contribution in [3.05, 3.63) is 53.1 Å². The standard InChI is InChI=1S/C22H28ClFN8O.C2HF3O2/c23-16-3-1-15(2-4-16)9-19-14-33-20(12-31-11-17(24)10-26-31)13-32(19)18-5-7-30(8-6-18)22-27-21(25)28-29-22;3-2(4,5)1(6)7/h1-4,10-11,18-20H,5-9,12-14H2,(H3,25,27,28,29);(H,6,7)/t19-,20-;/m0./s1. The van der Waals surface area contributed by atoms with Crippen LogP contribution in [0.2, 0.25) is 5.02 Å². The zero-order chi connectivity index (χ0) is 28.9. The maximum Gasteiger partial charge on any atom is 0.490 e. The molecular weight excluding hydrogens is 560 g/mol. The van der Waals surface area contributed by atoms with Crippen molar-refractivity contribution in [2.75, 3.05) is 36.9 Å². The van der Waals surface area contributed by atoms with E-state index >= 15 is 0 Å². The minimum atomic E-state index is -5.08. The van der Waals surface area contributed by atoms with Crippen molar-refractivity contribution in [1.29, 1.82) is 0 Å². The molecule has 11 nitrogen and oxygen atoms in total. The van der Waals surface area contributed by atoms with Gasteiger partial charge in [-0.2, -0.15) is 23.3 Å². The molecule has 0 bridgehead atoms. The second-order valence-corrected chi connectivity index (χ2v) is 10.00. The number of aromatic amines is 1. The maximum absolute atomic E-state index is 13.4. The molecule has 0 amide bonds. The summed E-state index contributed by atoms with van der Waals surface area (Å²) in [4.78, 5) is 17.9. The van der Waals surface area contributed by atoms with Crippen LogP contribution in [0, 0.1) is 5.82 Å². The first-order valence-corrected chi connectivity index (χ1v) is 12.9. The number of hydrogen-bond donors (Lipinski definition) is 3. The van der Waals surface area contributed by atoms with Crippen molar-refractivity contribution >= 4 is 29.5 Å². The number of aromatic nitrogens is 5. The number of carboxylic acid groups (broad SMARTS) is 1. The molecular formula is C24H29ClF4N8O3. The number of H-pyrrole nitrogens is 1. The first-order valence-electron chi connectivity index (χ1n) is 12.5.